The molecule has 28 heavy (non-hydrogen) atoms. The Kier molecular flexibility index (Phi) is 5.03. The molecule has 3 fully saturated rings. The first-order chi connectivity index (χ1) is 13.8. The van der Waals surface area contributed by atoms with Crippen molar-refractivity contribution >= 4 is 5.95 Å². The van der Waals surface area contributed by atoms with Gasteiger partial charge in [-0.25, -0.2) is 9.97 Å². The van der Waals surface area contributed by atoms with Crippen molar-refractivity contribution in [3.8, 4) is 11.3 Å². The number of aromatic nitrogens is 4. The molecule has 2 aliphatic carbocycles. The lowest BCUT2D eigenvalue weighted by Crippen LogP contribution is -2.33. The van der Waals surface area contributed by atoms with Crippen LogP contribution in [0.1, 0.15) is 56.7 Å². The maximum atomic E-state index is 6.03. The van der Waals surface area contributed by atoms with E-state index in [0.29, 0.717) is 24.1 Å². The zero-order valence-electron chi connectivity index (χ0n) is 16.4. The van der Waals surface area contributed by atoms with Crippen molar-refractivity contribution in [1.29, 1.82) is 0 Å². The van der Waals surface area contributed by atoms with Crippen LogP contribution in [0.5, 0.6) is 0 Å². The van der Waals surface area contributed by atoms with Crippen LogP contribution in [0.25, 0.3) is 11.3 Å². The number of ether oxygens (including phenoxy) is 1. The van der Waals surface area contributed by atoms with Crippen LogP contribution in [-0.4, -0.2) is 45.0 Å². The Hall–Kier alpha value is -1.99. The molecule has 1 atom stereocenters. The van der Waals surface area contributed by atoms with Crippen molar-refractivity contribution in [2.24, 2.45) is 11.7 Å². The van der Waals surface area contributed by atoms with Gasteiger partial charge in [0.05, 0.1) is 24.5 Å². The second-order valence-electron chi connectivity index (χ2n) is 8.64. The van der Waals surface area contributed by atoms with Crippen LogP contribution in [0, 0.1) is 5.92 Å². The molecule has 150 valence electrons. The van der Waals surface area contributed by atoms with Crippen LogP contribution in [-0.2, 0) is 11.2 Å². The van der Waals surface area contributed by atoms with Crippen LogP contribution < -0.4 is 11.1 Å². The molecule has 0 aromatic carbocycles. The van der Waals surface area contributed by atoms with Gasteiger partial charge in [0.1, 0.15) is 0 Å². The molecule has 7 nitrogen and oxygen atoms in total. The van der Waals surface area contributed by atoms with Gasteiger partial charge in [0.2, 0.25) is 5.95 Å². The number of nitrogens with two attached hydrogens (primary N) is 1. The SMILES string of the molecule is NC1CCC(Nc2nccc(-c3cnn(C4CCOC4)c3CC3CC3)n2)CC1. The quantitative estimate of drug-likeness (QED) is 0.798. The van der Waals surface area contributed by atoms with Gasteiger partial charge >= 0.3 is 0 Å². The van der Waals surface area contributed by atoms with Crippen molar-refractivity contribution in [2.45, 2.75) is 69.5 Å². The highest BCUT2D eigenvalue weighted by molar-refractivity contribution is 5.62. The van der Waals surface area contributed by atoms with Gasteiger partial charge < -0.3 is 15.8 Å². The van der Waals surface area contributed by atoms with Crippen molar-refractivity contribution < 1.29 is 4.74 Å². The smallest absolute Gasteiger partial charge is 0.223 e. The van der Waals surface area contributed by atoms with E-state index >= 15 is 0 Å². The third-order valence-electron chi connectivity index (χ3n) is 6.37. The summed E-state index contributed by atoms with van der Waals surface area (Å²) in [5.41, 5.74) is 9.45. The van der Waals surface area contributed by atoms with E-state index in [1.807, 2.05) is 18.5 Å². The summed E-state index contributed by atoms with van der Waals surface area (Å²) in [4.78, 5) is 9.31. The maximum absolute atomic E-state index is 6.03. The molecule has 0 bridgehead atoms. The molecule has 0 spiro atoms. The Balaban J connectivity index is 1.39. The minimum absolute atomic E-state index is 0.348. The Morgan fingerprint density at radius 1 is 1.14 bits per heavy atom. The molecule has 0 amide bonds. The molecule has 7 heteroatoms. The van der Waals surface area contributed by atoms with Crippen LogP contribution in [0.15, 0.2) is 18.5 Å². The summed E-state index contributed by atoms with van der Waals surface area (Å²) >= 11 is 0. The van der Waals surface area contributed by atoms with Gasteiger partial charge in [0, 0.05) is 36.1 Å². The molecule has 3 heterocycles. The van der Waals surface area contributed by atoms with Crippen molar-refractivity contribution in [1.82, 2.24) is 19.7 Å². The second-order valence-corrected chi connectivity index (χ2v) is 8.64. The van der Waals surface area contributed by atoms with Crippen LogP contribution in [0.4, 0.5) is 5.95 Å². The molecule has 2 aromatic heterocycles. The summed E-state index contributed by atoms with van der Waals surface area (Å²) in [5, 5.41) is 8.27. The summed E-state index contributed by atoms with van der Waals surface area (Å²) in [5.74, 6) is 1.51. The Bertz CT molecular complexity index is 803. The summed E-state index contributed by atoms with van der Waals surface area (Å²) < 4.78 is 7.81. The minimum atomic E-state index is 0.348. The van der Waals surface area contributed by atoms with E-state index in [2.05, 4.69) is 15.0 Å². The lowest BCUT2D eigenvalue weighted by molar-refractivity contribution is 0.184. The van der Waals surface area contributed by atoms with Crippen LogP contribution in [0.3, 0.4) is 0 Å². The first kappa shape index (κ1) is 18.1. The fourth-order valence-corrected chi connectivity index (χ4v) is 4.45. The van der Waals surface area contributed by atoms with E-state index in [9.17, 15) is 0 Å². The standard InChI is InChI=1S/C21H30N6O/c22-15-3-5-16(6-4-15)25-21-23-9-7-19(26-21)18-12-24-27(17-8-10-28-13-17)20(18)11-14-1-2-14/h7,9,12,14-17H,1-6,8,10-11,13,22H2,(H,23,25,26). The third kappa shape index (κ3) is 3.91. The summed E-state index contributed by atoms with van der Waals surface area (Å²) in [6.07, 6.45) is 12.9. The Labute approximate surface area is 166 Å². The summed E-state index contributed by atoms with van der Waals surface area (Å²) in [6, 6.07) is 3.12. The Morgan fingerprint density at radius 2 is 2.00 bits per heavy atom. The average Bonchev–Trinajstić information content (AvgIpc) is 3.18. The normalized spacial score (nSPS) is 27.8. The average molecular weight is 383 g/mol. The van der Waals surface area contributed by atoms with E-state index in [-0.39, 0.29) is 0 Å². The topological polar surface area (TPSA) is 90.9 Å². The van der Waals surface area contributed by atoms with Gasteiger partial charge in [-0.1, -0.05) is 0 Å². The zero-order valence-corrected chi connectivity index (χ0v) is 16.4. The number of rotatable bonds is 6. The highest BCUT2D eigenvalue weighted by Gasteiger charge is 2.29. The third-order valence-corrected chi connectivity index (χ3v) is 6.37. The molecule has 2 aromatic rings. The minimum Gasteiger partial charge on any atom is -0.379 e. The lowest BCUT2D eigenvalue weighted by Gasteiger charge is -2.26. The van der Waals surface area contributed by atoms with Gasteiger partial charge in [-0.15, -0.1) is 0 Å². The Morgan fingerprint density at radius 3 is 2.75 bits per heavy atom. The second kappa shape index (κ2) is 7.79. The lowest BCUT2D eigenvalue weighted by atomic mass is 9.92. The van der Waals surface area contributed by atoms with Gasteiger partial charge in [0.25, 0.3) is 0 Å². The first-order valence-corrected chi connectivity index (χ1v) is 10.8. The largest absolute Gasteiger partial charge is 0.379 e. The van der Waals surface area contributed by atoms with E-state index in [1.54, 1.807) is 0 Å². The van der Waals surface area contributed by atoms with Crippen LogP contribution >= 0.6 is 0 Å². The molecule has 1 unspecified atom stereocenters. The molecule has 1 saturated heterocycles. The molecular formula is C21H30N6O. The molecule has 3 aliphatic rings. The van der Waals surface area contributed by atoms with Gasteiger partial charge in [-0.2, -0.15) is 5.10 Å². The fraction of sp³-hybridized carbons (Fsp3) is 0.667. The maximum Gasteiger partial charge on any atom is 0.223 e. The zero-order chi connectivity index (χ0) is 18.9. The molecule has 1 aliphatic heterocycles. The molecule has 5 rings (SSSR count). The number of nitrogens with zero attached hydrogens (tertiary/aromatic N) is 4. The van der Waals surface area contributed by atoms with Crippen molar-refractivity contribution in [2.75, 3.05) is 18.5 Å². The van der Waals surface area contributed by atoms with Gasteiger partial charge in [-0.3, -0.25) is 4.68 Å². The summed E-state index contributed by atoms with van der Waals surface area (Å²) in [7, 11) is 0. The number of hydrogen-bond donors (Lipinski definition) is 2. The van der Waals surface area contributed by atoms with E-state index in [4.69, 9.17) is 20.6 Å². The predicted molar refractivity (Wildman–Crippen MR) is 108 cm³/mol. The summed E-state index contributed by atoms with van der Waals surface area (Å²) in [6.45, 7) is 1.59. The van der Waals surface area contributed by atoms with Gasteiger partial charge in [0.15, 0.2) is 0 Å². The molecule has 3 N–H and O–H groups in total. The predicted octanol–water partition coefficient (Wildman–Crippen LogP) is 2.94. The highest BCUT2D eigenvalue weighted by atomic mass is 16.5. The molecular weight excluding hydrogens is 352 g/mol. The number of anilines is 1. The van der Waals surface area contributed by atoms with Crippen molar-refractivity contribution in [3.05, 3.63) is 24.2 Å². The van der Waals surface area contributed by atoms with E-state index < -0.39 is 0 Å². The highest BCUT2D eigenvalue weighted by Crippen LogP contribution is 2.37. The number of hydrogen-bond acceptors (Lipinski definition) is 6. The van der Waals surface area contributed by atoms with Crippen LogP contribution in [0.2, 0.25) is 0 Å². The fourth-order valence-electron chi connectivity index (χ4n) is 4.45. The van der Waals surface area contributed by atoms with E-state index in [1.165, 1.54) is 18.5 Å². The van der Waals surface area contributed by atoms with E-state index in [0.717, 1.165) is 68.9 Å². The molecule has 2 saturated carbocycles. The molecule has 0 radical (unpaired) electrons. The van der Waals surface area contributed by atoms with Gasteiger partial charge in [-0.05, 0) is 63.4 Å². The van der Waals surface area contributed by atoms with Crippen molar-refractivity contribution in [3.63, 3.8) is 0 Å². The first-order valence-electron chi connectivity index (χ1n) is 10.8. The number of nitrogens with one attached hydrogen (secondary N) is 1. The monoisotopic (exact) mass is 382 g/mol.